The van der Waals surface area contributed by atoms with Gasteiger partial charge in [0, 0.05) is 11.7 Å². The van der Waals surface area contributed by atoms with E-state index in [0.717, 1.165) is 13.0 Å². The normalized spacial score (nSPS) is 20.4. The summed E-state index contributed by atoms with van der Waals surface area (Å²) in [4.78, 5) is 14.6. The van der Waals surface area contributed by atoms with Gasteiger partial charge in [-0.2, -0.15) is 5.26 Å². The van der Waals surface area contributed by atoms with Crippen LogP contribution in [-0.4, -0.2) is 29.4 Å². The molecular formula is C16H21N3O. The van der Waals surface area contributed by atoms with Crippen molar-refractivity contribution < 1.29 is 4.79 Å². The van der Waals surface area contributed by atoms with Crippen LogP contribution < -0.4 is 5.32 Å². The van der Waals surface area contributed by atoms with Crippen LogP contribution in [-0.2, 0) is 4.79 Å². The highest BCUT2D eigenvalue weighted by Crippen LogP contribution is 2.23. The monoisotopic (exact) mass is 271 g/mol. The van der Waals surface area contributed by atoms with Crippen molar-refractivity contribution >= 4 is 11.6 Å². The molecule has 4 heteroatoms. The number of benzene rings is 1. The maximum absolute atomic E-state index is 12.3. The van der Waals surface area contributed by atoms with Gasteiger partial charge in [-0.15, -0.1) is 0 Å². The van der Waals surface area contributed by atoms with Gasteiger partial charge in [0.1, 0.15) is 0 Å². The SMILES string of the molecule is CCC1CCCN1C(C)C(=O)Nc1cccc(C#N)c1. The van der Waals surface area contributed by atoms with Gasteiger partial charge in [-0.3, -0.25) is 9.69 Å². The van der Waals surface area contributed by atoms with Crippen molar-refractivity contribution in [3.8, 4) is 6.07 Å². The Morgan fingerprint density at radius 3 is 3.10 bits per heavy atom. The van der Waals surface area contributed by atoms with Crippen molar-refractivity contribution in [2.75, 3.05) is 11.9 Å². The molecule has 0 aliphatic carbocycles. The van der Waals surface area contributed by atoms with E-state index in [0.29, 0.717) is 17.3 Å². The number of likely N-dealkylation sites (tertiary alicyclic amines) is 1. The molecule has 1 saturated heterocycles. The lowest BCUT2D eigenvalue weighted by atomic mass is 10.1. The van der Waals surface area contributed by atoms with Crippen molar-refractivity contribution in [3.63, 3.8) is 0 Å². The van der Waals surface area contributed by atoms with Crippen molar-refractivity contribution in [2.45, 2.75) is 45.2 Å². The maximum Gasteiger partial charge on any atom is 0.241 e. The first-order valence-electron chi connectivity index (χ1n) is 7.22. The predicted octanol–water partition coefficient (Wildman–Crippen LogP) is 2.76. The number of nitrogens with one attached hydrogen (secondary N) is 1. The summed E-state index contributed by atoms with van der Waals surface area (Å²) < 4.78 is 0. The van der Waals surface area contributed by atoms with Crippen LogP contribution in [0, 0.1) is 11.3 Å². The fraction of sp³-hybridized carbons (Fsp3) is 0.500. The fourth-order valence-corrected chi connectivity index (χ4v) is 2.87. The first-order chi connectivity index (χ1) is 9.65. The Labute approximate surface area is 120 Å². The fourth-order valence-electron chi connectivity index (χ4n) is 2.87. The van der Waals surface area contributed by atoms with Gasteiger partial charge < -0.3 is 5.32 Å². The topological polar surface area (TPSA) is 56.1 Å². The largest absolute Gasteiger partial charge is 0.325 e. The summed E-state index contributed by atoms with van der Waals surface area (Å²) in [6.45, 7) is 5.12. The molecule has 1 N–H and O–H groups in total. The molecule has 1 aliphatic rings. The Bertz CT molecular complexity index is 521. The third-order valence-corrected chi connectivity index (χ3v) is 4.03. The zero-order valence-corrected chi connectivity index (χ0v) is 12.1. The summed E-state index contributed by atoms with van der Waals surface area (Å²) >= 11 is 0. The average molecular weight is 271 g/mol. The van der Waals surface area contributed by atoms with Crippen LogP contribution in [0.4, 0.5) is 5.69 Å². The van der Waals surface area contributed by atoms with E-state index in [2.05, 4.69) is 23.2 Å². The molecule has 1 heterocycles. The minimum Gasteiger partial charge on any atom is -0.325 e. The van der Waals surface area contributed by atoms with Crippen molar-refractivity contribution in [2.24, 2.45) is 0 Å². The van der Waals surface area contributed by atoms with E-state index in [-0.39, 0.29) is 11.9 Å². The number of nitriles is 1. The van der Waals surface area contributed by atoms with Crippen LogP contribution in [0.5, 0.6) is 0 Å². The first-order valence-corrected chi connectivity index (χ1v) is 7.22. The third-order valence-electron chi connectivity index (χ3n) is 4.03. The minimum absolute atomic E-state index is 0.000407. The molecule has 0 aromatic heterocycles. The van der Waals surface area contributed by atoms with Gasteiger partial charge in [-0.25, -0.2) is 0 Å². The van der Waals surface area contributed by atoms with Gasteiger partial charge in [0.15, 0.2) is 0 Å². The number of anilines is 1. The van der Waals surface area contributed by atoms with E-state index in [4.69, 9.17) is 5.26 Å². The summed E-state index contributed by atoms with van der Waals surface area (Å²) in [6, 6.07) is 9.49. The number of nitrogens with zero attached hydrogens (tertiary/aromatic N) is 2. The highest BCUT2D eigenvalue weighted by Gasteiger charge is 2.30. The van der Waals surface area contributed by atoms with Crippen LogP contribution in [0.1, 0.15) is 38.7 Å². The molecule has 20 heavy (non-hydrogen) atoms. The summed E-state index contributed by atoms with van der Waals surface area (Å²) in [5.41, 5.74) is 1.25. The number of hydrogen-bond acceptors (Lipinski definition) is 3. The van der Waals surface area contributed by atoms with Gasteiger partial charge in [-0.1, -0.05) is 13.0 Å². The number of amides is 1. The minimum atomic E-state index is -0.131. The molecular weight excluding hydrogens is 250 g/mol. The number of carbonyl (C=O) groups excluding carboxylic acids is 1. The Morgan fingerprint density at radius 2 is 2.40 bits per heavy atom. The molecule has 0 bridgehead atoms. The summed E-state index contributed by atoms with van der Waals surface area (Å²) in [6.07, 6.45) is 3.43. The molecule has 0 saturated carbocycles. The molecule has 2 unspecified atom stereocenters. The summed E-state index contributed by atoms with van der Waals surface area (Å²) in [5, 5.41) is 11.8. The zero-order valence-electron chi connectivity index (χ0n) is 12.1. The predicted molar refractivity (Wildman–Crippen MR) is 79.3 cm³/mol. The zero-order chi connectivity index (χ0) is 14.5. The number of rotatable bonds is 4. The molecule has 4 nitrogen and oxygen atoms in total. The van der Waals surface area contributed by atoms with Crippen LogP contribution >= 0.6 is 0 Å². The second-order valence-electron chi connectivity index (χ2n) is 5.30. The van der Waals surface area contributed by atoms with E-state index < -0.39 is 0 Å². The summed E-state index contributed by atoms with van der Waals surface area (Å²) in [7, 11) is 0. The Kier molecular flexibility index (Phi) is 4.75. The third kappa shape index (κ3) is 3.17. The van der Waals surface area contributed by atoms with Crippen molar-refractivity contribution in [1.82, 2.24) is 4.90 Å². The van der Waals surface area contributed by atoms with Gasteiger partial charge in [0.2, 0.25) is 5.91 Å². The van der Waals surface area contributed by atoms with Crippen LogP contribution in [0.2, 0.25) is 0 Å². The van der Waals surface area contributed by atoms with Gasteiger partial charge >= 0.3 is 0 Å². The molecule has 2 atom stereocenters. The van der Waals surface area contributed by atoms with E-state index in [1.165, 1.54) is 12.8 Å². The summed E-state index contributed by atoms with van der Waals surface area (Å²) in [5.74, 6) is 0.000407. The molecule has 106 valence electrons. The molecule has 1 aliphatic heterocycles. The molecule has 1 amide bonds. The van der Waals surface area contributed by atoms with Gasteiger partial charge in [-0.05, 0) is 50.9 Å². The van der Waals surface area contributed by atoms with Crippen LogP contribution in [0.3, 0.4) is 0 Å². The standard InChI is InChI=1S/C16H21N3O/c1-3-15-8-5-9-19(15)12(2)16(20)18-14-7-4-6-13(10-14)11-17/h4,6-7,10,12,15H,3,5,8-9H2,1-2H3,(H,18,20). The second kappa shape index (κ2) is 6.53. The lowest BCUT2D eigenvalue weighted by Gasteiger charge is -2.29. The number of carbonyl (C=O) groups is 1. The lowest BCUT2D eigenvalue weighted by Crippen LogP contribution is -2.44. The Hall–Kier alpha value is -1.86. The smallest absolute Gasteiger partial charge is 0.241 e. The number of hydrogen-bond donors (Lipinski definition) is 1. The highest BCUT2D eigenvalue weighted by molar-refractivity contribution is 5.94. The first kappa shape index (κ1) is 14.5. The Balaban J connectivity index is 2.02. The molecule has 1 aromatic rings. The molecule has 0 spiro atoms. The average Bonchev–Trinajstić information content (AvgIpc) is 2.95. The van der Waals surface area contributed by atoms with E-state index in [9.17, 15) is 4.79 Å². The van der Waals surface area contributed by atoms with Gasteiger partial charge in [0.05, 0.1) is 17.7 Å². The molecule has 1 fully saturated rings. The Morgan fingerprint density at radius 1 is 1.60 bits per heavy atom. The quantitative estimate of drug-likeness (QED) is 0.916. The molecule has 0 radical (unpaired) electrons. The highest BCUT2D eigenvalue weighted by atomic mass is 16.2. The second-order valence-corrected chi connectivity index (χ2v) is 5.30. The van der Waals surface area contributed by atoms with E-state index in [1.54, 1.807) is 18.2 Å². The van der Waals surface area contributed by atoms with Crippen molar-refractivity contribution in [3.05, 3.63) is 29.8 Å². The van der Waals surface area contributed by atoms with Crippen LogP contribution in [0.25, 0.3) is 0 Å². The molecule has 2 rings (SSSR count). The maximum atomic E-state index is 12.3. The van der Waals surface area contributed by atoms with Crippen LogP contribution in [0.15, 0.2) is 24.3 Å². The van der Waals surface area contributed by atoms with E-state index >= 15 is 0 Å². The van der Waals surface area contributed by atoms with Crippen molar-refractivity contribution in [1.29, 1.82) is 5.26 Å². The van der Waals surface area contributed by atoms with E-state index in [1.807, 2.05) is 13.0 Å². The molecule has 1 aromatic carbocycles. The van der Waals surface area contributed by atoms with Gasteiger partial charge in [0.25, 0.3) is 0 Å². The lowest BCUT2D eigenvalue weighted by molar-refractivity contribution is -0.121.